The SMILES string of the molecule is COC(=O)Cn1c(=NC(=O)c2ccc(N3CCOCC3)c([N+](=O)[O-])c2)sc2cc(F)ccc21. The maximum Gasteiger partial charge on any atom is 0.325 e. The zero-order valence-corrected chi connectivity index (χ0v) is 18.3. The largest absolute Gasteiger partial charge is 0.468 e. The molecule has 2 aromatic carbocycles. The van der Waals surface area contributed by atoms with E-state index in [-0.39, 0.29) is 22.6 Å². The number of carbonyl (C=O) groups is 2. The number of carbonyl (C=O) groups excluding carboxylic acids is 2. The van der Waals surface area contributed by atoms with Crippen LogP contribution in [0.15, 0.2) is 41.4 Å². The van der Waals surface area contributed by atoms with Crippen molar-refractivity contribution in [3.05, 3.63) is 62.7 Å². The molecule has 2 heterocycles. The van der Waals surface area contributed by atoms with Crippen molar-refractivity contribution in [2.45, 2.75) is 6.54 Å². The normalized spacial score (nSPS) is 14.5. The Balaban J connectivity index is 1.76. The highest BCUT2D eigenvalue weighted by molar-refractivity contribution is 7.16. The number of halogens is 1. The number of esters is 1. The fourth-order valence-corrected chi connectivity index (χ4v) is 4.56. The number of nitro benzene ring substituents is 1. The van der Waals surface area contributed by atoms with Crippen LogP contribution in [0.25, 0.3) is 10.2 Å². The molecule has 0 spiro atoms. The Bertz CT molecular complexity index is 1310. The number of aromatic nitrogens is 1. The summed E-state index contributed by atoms with van der Waals surface area (Å²) < 4.78 is 25.6. The first kappa shape index (κ1) is 22.6. The fraction of sp³-hybridized carbons (Fsp3) is 0.286. The summed E-state index contributed by atoms with van der Waals surface area (Å²) in [7, 11) is 1.23. The number of hydrogen-bond donors (Lipinski definition) is 0. The molecule has 1 saturated heterocycles. The van der Waals surface area contributed by atoms with Crippen LogP contribution in [-0.2, 0) is 20.8 Å². The third kappa shape index (κ3) is 4.76. The fourth-order valence-electron chi connectivity index (χ4n) is 3.50. The molecule has 4 rings (SSSR count). The molecule has 0 bridgehead atoms. The van der Waals surface area contributed by atoms with E-state index < -0.39 is 22.6 Å². The van der Waals surface area contributed by atoms with Crippen molar-refractivity contribution in [2.75, 3.05) is 38.3 Å². The first-order chi connectivity index (χ1) is 15.9. The van der Waals surface area contributed by atoms with Crippen LogP contribution in [0.1, 0.15) is 10.4 Å². The first-order valence-corrected chi connectivity index (χ1v) is 10.7. The van der Waals surface area contributed by atoms with Crippen LogP contribution < -0.4 is 9.70 Å². The lowest BCUT2D eigenvalue weighted by Crippen LogP contribution is -2.36. The molecule has 0 N–H and O–H groups in total. The van der Waals surface area contributed by atoms with Gasteiger partial charge in [-0.25, -0.2) is 4.39 Å². The molecule has 0 unspecified atom stereocenters. The Morgan fingerprint density at radius 3 is 2.70 bits per heavy atom. The van der Waals surface area contributed by atoms with E-state index in [2.05, 4.69) is 4.99 Å². The standard InChI is InChI=1S/C21H19FN4O6S/c1-31-19(27)12-25-16-5-3-14(22)11-18(16)33-21(25)23-20(28)13-2-4-15(17(10-13)26(29)30)24-6-8-32-9-7-24/h2-5,10-11H,6-9,12H2,1H3. The van der Waals surface area contributed by atoms with Crippen molar-refractivity contribution < 1.29 is 28.4 Å². The zero-order valence-electron chi connectivity index (χ0n) is 17.5. The molecule has 1 aliphatic rings. The molecule has 1 fully saturated rings. The van der Waals surface area contributed by atoms with Gasteiger partial charge in [0.15, 0.2) is 4.80 Å². The van der Waals surface area contributed by atoms with Gasteiger partial charge < -0.3 is 18.9 Å². The monoisotopic (exact) mass is 474 g/mol. The van der Waals surface area contributed by atoms with Crippen LogP contribution in [-0.4, -0.2) is 54.8 Å². The van der Waals surface area contributed by atoms with Gasteiger partial charge in [-0.15, -0.1) is 0 Å². The Hall–Kier alpha value is -3.64. The molecule has 172 valence electrons. The summed E-state index contributed by atoms with van der Waals surface area (Å²) in [5.74, 6) is -1.77. The van der Waals surface area contributed by atoms with Crippen LogP contribution >= 0.6 is 11.3 Å². The molecule has 33 heavy (non-hydrogen) atoms. The van der Waals surface area contributed by atoms with E-state index in [0.29, 0.717) is 42.2 Å². The number of anilines is 1. The molecule has 1 aliphatic heterocycles. The number of benzene rings is 2. The highest BCUT2D eigenvalue weighted by Gasteiger charge is 2.23. The van der Waals surface area contributed by atoms with Crippen molar-refractivity contribution >= 4 is 44.8 Å². The van der Waals surface area contributed by atoms with Crippen LogP contribution in [0.3, 0.4) is 0 Å². The number of amides is 1. The van der Waals surface area contributed by atoms with Gasteiger partial charge in [0.2, 0.25) is 0 Å². The Morgan fingerprint density at radius 1 is 1.24 bits per heavy atom. The van der Waals surface area contributed by atoms with E-state index in [1.807, 2.05) is 4.90 Å². The zero-order chi connectivity index (χ0) is 23.5. The number of rotatable bonds is 5. The van der Waals surface area contributed by atoms with E-state index in [0.717, 1.165) is 11.3 Å². The van der Waals surface area contributed by atoms with Gasteiger partial charge in [0.1, 0.15) is 18.0 Å². The number of hydrogen-bond acceptors (Lipinski definition) is 8. The Kier molecular flexibility index (Phi) is 6.47. The van der Waals surface area contributed by atoms with Crippen LogP contribution in [0.4, 0.5) is 15.8 Å². The number of nitrogens with zero attached hydrogens (tertiary/aromatic N) is 4. The highest BCUT2D eigenvalue weighted by atomic mass is 32.1. The number of fused-ring (bicyclic) bond motifs is 1. The van der Waals surface area contributed by atoms with Gasteiger partial charge in [-0.1, -0.05) is 11.3 Å². The average Bonchev–Trinajstić information content (AvgIpc) is 3.14. The molecule has 12 heteroatoms. The van der Waals surface area contributed by atoms with Crippen LogP contribution in [0, 0.1) is 15.9 Å². The number of methoxy groups -OCH3 is 1. The molecular formula is C21H19FN4O6S. The maximum absolute atomic E-state index is 13.7. The first-order valence-electron chi connectivity index (χ1n) is 9.93. The molecule has 0 aliphatic carbocycles. The molecule has 3 aromatic rings. The van der Waals surface area contributed by atoms with Gasteiger partial charge in [0.05, 0.1) is 35.5 Å². The second kappa shape index (κ2) is 9.46. The van der Waals surface area contributed by atoms with Gasteiger partial charge >= 0.3 is 5.97 Å². The quantitative estimate of drug-likeness (QED) is 0.317. The number of ether oxygens (including phenoxy) is 2. The molecule has 0 radical (unpaired) electrons. The van der Waals surface area contributed by atoms with E-state index in [1.165, 1.54) is 48.1 Å². The number of thiazole rings is 1. The second-order valence-electron chi connectivity index (χ2n) is 7.14. The van der Waals surface area contributed by atoms with Gasteiger partial charge in [-0.05, 0) is 30.3 Å². The van der Waals surface area contributed by atoms with Gasteiger partial charge in [0, 0.05) is 24.7 Å². The summed E-state index contributed by atoms with van der Waals surface area (Å²) >= 11 is 1.02. The van der Waals surface area contributed by atoms with Gasteiger partial charge in [0.25, 0.3) is 11.6 Å². The molecule has 0 atom stereocenters. The van der Waals surface area contributed by atoms with Crippen LogP contribution in [0.2, 0.25) is 0 Å². The van der Waals surface area contributed by atoms with Crippen molar-refractivity contribution in [2.24, 2.45) is 4.99 Å². The van der Waals surface area contributed by atoms with Crippen molar-refractivity contribution in [3.63, 3.8) is 0 Å². The molecule has 1 aromatic heterocycles. The number of nitro groups is 1. The molecular weight excluding hydrogens is 455 g/mol. The third-order valence-corrected chi connectivity index (χ3v) is 6.17. The molecule has 10 nitrogen and oxygen atoms in total. The maximum atomic E-state index is 13.7. The average molecular weight is 474 g/mol. The lowest BCUT2D eigenvalue weighted by molar-refractivity contribution is -0.384. The topological polar surface area (TPSA) is 116 Å². The summed E-state index contributed by atoms with van der Waals surface area (Å²) in [5.41, 5.74) is 0.718. The lowest BCUT2D eigenvalue weighted by atomic mass is 10.1. The van der Waals surface area contributed by atoms with E-state index >= 15 is 0 Å². The Labute approximate surface area is 190 Å². The van der Waals surface area contributed by atoms with E-state index in [1.54, 1.807) is 0 Å². The summed E-state index contributed by atoms with van der Waals surface area (Å²) in [5, 5.41) is 11.7. The van der Waals surface area contributed by atoms with Crippen LogP contribution in [0.5, 0.6) is 0 Å². The smallest absolute Gasteiger partial charge is 0.325 e. The number of morpholine rings is 1. The van der Waals surface area contributed by atoms with Crippen molar-refractivity contribution in [1.82, 2.24) is 4.57 Å². The third-order valence-electron chi connectivity index (χ3n) is 5.13. The molecule has 1 amide bonds. The summed E-state index contributed by atoms with van der Waals surface area (Å²) in [6.07, 6.45) is 0. The summed E-state index contributed by atoms with van der Waals surface area (Å²) in [6.45, 7) is 1.69. The van der Waals surface area contributed by atoms with E-state index in [4.69, 9.17) is 9.47 Å². The molecule has 0 saturated carbocycles. The predicted octanol–water partition coefficient (Wildman–Crippen LogP) is 2.50. The van der Waals surface area contributed by atoms with Crippen molar-refractivity contribution in [3.8, 4) is 0 Å². The minimum atomic E-state index is -0.725. The van der Waals surface area contributed by atoms with Gasteiger partial charge in [-0.2, -0.15) is 4.99 Å². The minimum absolute atomic E-state index is 0.0203. The van der Waals surface area contributed by atoms with E-state index in [9.17, 15) is 24.1 Å². The Morgan fingerprint density at radius 2 is 2.00 bits per heavy atom. The van der Waals surface area contributed by atoms with Crippen molar-refractivity contribution in [1.29, 1.82) is 0 Å². The van der Waals surface area contributed by atoms with Gasteiger partial charge in [-0.3, -0.25) is 19.7 Å². The summed E-state index contributed by atoms with van der Waals surface area (Å²) in [4.78, 5) is 42.0. The minimum Gasteiger partial charge on any atom is -0.468 e. The predicted molar refractivity (Wildman–Crippen MR) is 118 cm³/mol. The summed E-state index contributed by atoms with van der Waals surface area (Å²) in [6, 6.07) is 8.18. The second-order valence-corrected chi connectivity index (χ2v) is 8.15. The highest BCUT2D eigenvalue weighted by Crippen LogP contribution is 2.30. The lowest BCUT2D eigenvalue weighted by Gasteiger charge is -2.28.